The number of carbonyl (C=O) groups is 2. The molecule has 3 aliphatic heterocycles. The fourth-order valence-corrected chi connectivity index (χ4v) is 9.78. The second kappa shape index (κ2) is 10.8. The molecule has 0 bridgehead atoms. The van der Waals surface area contributed by atoms with Crippen molar-refractivity contribution in [2.24, 2.45) is 5.92 Å². The van der Waals surface area contributed by atoms with Gasteiger partial charge in [-0.05, 0) is 84.4 Å². The second-order valence-electron chi connectivity index (χ2n) is 11.4. The molecule has 1 N–H and O–H groups in total. The number of anilines is 1. The van der Waals surface area contributed by atoms with E-state index in [0.717, 1.165) is 27.7 Å². The summed E-state index contributed by atoms with van der Waals surface area (Å²) in [7, 11) is -1.83. The number of nitrogens with zero attached hydrogens (tertiary/aromatic N) is 2. The van der Waals surface area contributed by atoms with Crippen LogP contribution in [0.25, 0.3) is 0 Å². The molecule has 3 aliphatic rings. The van der Waals surface area contributed by atoms with Crippen molar-refractivity contribution in [1.29, 1.82) is 0 Å². The third kappa shape index (κ3) is 4.91. The monoisotopic (exact) mass is 666 g/mol. The maximum atomic E-state index is 16.1. The molecule has 2 saturated heterocycles. The average Bonchev–Trinajstić information content (AvgIpc) is 3.55. The second-order valence-corrected chi connectivity index (χ2v) is 16.5. The number of benzene rings is 2. The van der Waals surface area contributed by atoms with Crippen LogP contribution >= 0.6 is 22.6 Å². The molecule has 0 aromatic heterocycles. The highest BCUT2D eigenvalue weighted by Crippen LogP contribution is 2.60. The highest BCUT2D eigenvalue weighted by atomic mass is 127. The van der Waals surface area contributed by atoms with E-state index >= 15 is 4.11 Å². The van der Waals surface area contributed by atoms with E-state index in [2.05, 4.69) is 22.6 Å². The van der Waals surface area contributed by atoms with E-state index < -0.39 is 31.6 Å². The van der Waals surface area contributed by atoms with Crippen LogP contribution in [0.4, 0.5) is 9.80 Å². The molecule has 5 rings (SSSR count). The Morgan fingerprint density at radius 1 is 1.26 bits per heavy atom. The van der Waals surface area contributed by atoms with Gasteiger partial charge in [-0.15, -0.1) is 0 Å². The quantitative estimate of drug-likeness (QED) is 0.256. The molecule has 1 spiro atoms. The van der Waals surface area contributed by atoms with Crippen molar-refractivity contribution in [3.8, 4) is 5.75 Å². The van der Waals surface area contributed by atoms with Gasteiger partial charge in [0.25, 0.3) is 5.91 Å². The molecule has 2 fully saturated rings. The van der Waals surface area contributed by atoms with Crippen molar-refractivity contribution in [3.05, 3.63) is 57.2 Å². The molecule has 7 nitrogen and oxygen atoms in total. The Hall–Kier alpha value is -2.02. The average molecular weight is 667 g/mol. The van der Waals surface area contributed by atoms with E-state index in [4.69, 9.17) is 9.47 Å². The predicted octanol–water partition coefficient (Wildman–Crippen LogP) is 5.00. The number of rotatable bonds is 7. The zero-order valence-electron chi connectivity index (χ0n) is 22.8. The molecule has 2 aromatic rings. The number of halogens is 2. The Bertz CT molecular complexity index is 1260. The van der Waals surface area contributed by atoms with Gasteiger partial charge in [0.05, 0.1) is 44.5 Å². The van der Waals surface area contributed by atoms with E-state index in [0.29, 0.717) is 24.4 Å². The number of aliphatic hydroxyl groups excluding tert-OH is 1. The van der Waals surface area contributed by atoms with Crippen LogP contribution in [0.15, 0.2) is 42.5 Å². The molecule has 39 heavy (non-hydrogen) atoms. The van der Waals surface area contributed by atoms with Crippen molar-refractivity contribution >= 4 is 48.5 Å². The minimum atomic E-state index is -3.40. The summed E-state index contributed by atoms with van der Waals surface area (Å²) >= 11 is 2.25. The molecule has 2 amide bonds. The number of methoxy groups -OCH3 is 1. The summed E-state index contributed by atoms with van der Waals surface area (Å²) in [6.07, 6.45) is 0.812. The van der Waals surface area contributed by atoms with Crippen molar-refractivity contribution in [1.82, 2.24) is 4.90 Å². The van der Waals surface area contributed by atoms with Crippen molar-refractivity contribution in [2.75, 3.05) is 25.2 Å². The van der Waals surface area contributed by atoms with Crippen LogP contribution in [0, 0.1) is 9.49 Å². The van der Waals surface area contributed by atoms with Gasteiger partial charge in [0.1, 0.15) is 5.75 Å². The van der Waals surface area contributed by atoms with E-state index in [9.17, 15) is 14.7 Å². The molecule has 0 aliphatic carbocycles. The Labute approximate surface area is 244 Å². The van der Waals surface area contributed by atoms with Crippen LogP contribution in [0.3, 0.4) is 0 Å². The fourth-order valence-electron chi connectivity index (χ4n) is 6.93. The lowest BCUT2D eigenvalue weighted by atomic mass is 9.82. The largest absolute Gasteiger partial charge is 0.497 e. The number of likely N-dealkylation sites (tertiary alicyclic amines) is 1. The number of aliphatic hydroxyl groups is 1. The summed E-state index contributed by atoms with van der Waals surface area (Å²) in [5.74, 6) is -0.293. The van der Waals surface area contributed by atoms with Gasteiger partial charge in [-0.2, -0.15) is 0 Å². The molecule has 2 aromatic carbocycles. The molecule has 0 radical (unpaired) electrons. The van der Waals surface area contributed by atoms with Gasteiger partial charge in [0.2, 0.25) is 14.3 Å². The van der Waals surface area contributed by atoms with Crippen LogP contribution in [0.2, 0.25) is 18.6 Å². The lowest BCUT2D eigenvalue weighted by Gasteiger charge is -2.31. The summed E-state index contributed by atoms with van der Waals surface area (Å²) in [6.45, 7) is 5.99. The lowest BCUT2D eigenvalue weighted by molar-refractivity contribution is -0.150. The van der Waals surface area contributed by atoms with Gasteiger partial charge in [-0.25, -0.2) is 0 Å². The number of fused-ring (bicyclic) bond motifs is 2. The van der Waals surface area contributed by atoms with Crippen molar-refractivity contribution < 1.29 is 28.3 Å². The van der Waals surface area contributed by atoms with Crippen LogP contribution in [0.5, 0.6) is 5.75 Å². The summed E-state index contributed by atoms with van der Waals surface area (Å²) in [4.78, 5) is 31.3. The van der Waals surface area contributed by atoms with Gasteiger partial charge < -0.3 is 28.5 Å². The van der Waals surface area contributed by atoms with Crippen LogP contribution in [-0.4, -0.2) is 62.6 Å². The highest BCUT2D eigenvalue weighted by Gasteiger charge is 2.67. The minimum absolute atomic E-state index is 0.0166. The van der Waals surface area contributed by atoms with Gasteiger partial charge in [-0.3, -0.25) is 9.59 Å². The molecule has 210 valence electrons. The third-order valence-electron chi connectivity index (χ3n) is 8.71. The molecule has 5 atom stereocenters. The van der Waals surface area contributed by atoms with Crippen molar-refractivity contribution in [3.63, 3.8) is 0 Å². The van der Waals surface area contributed by atoms with Crippen LogP contribution in [0.1, 0.15) is 37.3 Å². The van der Waals surface area contributed by atoms with Gasteiger partial charge in [-0.1, -0.05) is 19.1 Å². The Balaban J connectivity index is 1.55. The first-order chi connectivity index (χ1) is 18.5. The SMILES string of the molecule is COc1ccc2c(c1)[C@]1(O[C@@H](CC(=O)N3CCC[C@H]3CO)[C@H]([Si](C)(C)F)[C@H]1C)C(=O)N2Cc1ccc(I)cc1. The predicted molar refractivity (Wildman–Crippen MR) is 158 cm³/mol. The Kier molecular flexibility index (Phi) is 7.86. The topological polar surface area (TPSA) is 79.3 Å². The van der Waals surface area contributed by atoms with E-state index in [1.807, 2.05) is 49.4 Å². The normalized spacial score (nSPS) is 28.4. The summed E-state index contributed by atoms with van der Waals surface area (Å²) in [5.41, 5.74) is 0.367. The third-order valence-corrected chi connectivity index (χ3v) is 11.9. The molecule has 10 heteroatoms. The maximum Gasteiger partial charge on any atom is 0.264 e. The zero-order chi connectivity index (χ0) is 28.1. The number of amides is 2. The van der Waals surface area contributed by atoms with Crippen LogP contribution in [-0.2, 0) is 26.5 Å². The standard InChI is InChI=1S/C29H36FIN2O5Si/c1-18-27(39(3,4)30)25(15-26(35)32-13-5-6-21(32)17-34)38-29(18)23-14-22(37-2)11-12-24(23)33(28(29)36)16-19-7-9-20(31)10-8-19/h7-12,14,18,21,25,27,34H,5-6,13,15-17H2,1-4H3/t18-,21+,25+,27-,29+/m1/s1. The summed E-state index contributed by atoms with van der Waals surface area (Å²) in [5, 5.41) is 9.75. The Morgan fingerprint density at radius 2 is 1.97 bits per heavy atom. The molecular weight excluding hydrogens is 630 g/mol. The number of ether oxygens (including phenoxy) is 2. The summed E-state index contributed by atoms with van der Waals surface area (Å²) < 4.78 is 29.4. The first kappa shape index (κ1) is 28.5. The minimum Gasteiger partial charge on any atom is -0.497 e. The number of hydrogen-bond donors (Lipinski definition) is 1. The first-order valence-electron chi connectivity index (χ1n) is 13.5. The van der Waals surface area contributed by atoms with E-state index in [1.54, 1.807) is 30.0 Å². The van der Waals surface area contributed by atoms with Gasteiger partial charge in [0.15, 0.2) is 5.60 Å². The van der Waals surface area contributed by atoms with Crippen LogP contribution < -0.4 is 9.64 Å². The maximum absolute atomic E-state index is 16.1. The van der Waals surface area contributed by atoms with E-state index in [-0.39, 0.29) is 30.9 Å². The fraction of sp³-hybridized carbons (Fsp3) is 0.517. The smallest absolute Gasteiger partial charge is 0.264 e. The number of carbonyl (C=O) groups excluding carboxylic acids is 2. The summed E-state index contributed by atoms with van der Waals surface area (Å²) in [6, 6.07) is 13.3. The number of hydrogen-bond acceptors (Lipinski definition) is 5. The molecular formula is C29H36FIN2O5Si. The van der Waals surface area contributed by atoms with Gasteiger partial charge in [0, 0.05) is 27.1 Å². The Morgan fingerprint density at radius 3 is 2.62 bits per heavy atom. The highest BCUT2D eigenvalue weighted by molar-refractivity contribution is 14.1. The molecule has 0 saturated carbocycles. The van der Waals surface area contributed by atoms with E-state index in [1.165, 1.54) is 0 Å². The lowest BCUT2D eigenvalue weighted by Crippen LogP contribution is -2.45. The molecule has 3 heterocycles. The molecule has 0 unspecified atom stereocenters. The van der Waals surface area contributed by atoms with Gasteiger partial charge >= 0.3 is 0 Å². The zero-order valence-corrected chi connectivity index (χ0v) is 26.0. The first-order valence-corrected chi connectivity index (χ1v) is 17.6. The van der Waals surface area contributed by atoms with Crippen molar-refractivity contribution in [2.45, 2.75) is 69.1 Å².